The van der Waals surface area contributed by atoms with Crippen LogP contribution in [0.4, 0.5) is 0 Å². The highest BCUT2D eigenvalue weighted by Crippen LogP contribution is 2.15. The Labute approximate surface area is 142 Å². The number of hydrogen-bond donors (Lipinski definition) is 2. The number of aliphatic imine (C=N–C) groups is 2. The number of guanidine groups is 1. The molecule has 8 nitrogen and oxygen atoms in total. The van der Waals surface area contributed by atoms with Crippen molar-refractivity contribution in [1.82, 2.24) is 10.6 Å². The molecule has 2 N–H and O–H groups in total. The fourth-order valence-corrected chi connectivity index (χ4v) is 2.52. The van der Waals surface area contributed by atoms with Gasteiger partial charge in [-0.15, -0.1) is 0 Å². The fourth-order valence-electron chi connectivity index (χ4n) is 2.52. The van der Waals surface area contributed by atoms with Gasteiger partial charge in [-0.2, -0.15) is 0 Å². The van der Waals surface area contributed by atoms with Crippen LogP contribution in [0.15, 0.2) is 21.6 Å². The largest absolute Gasteiger partial charge is 0.385 e. The van der Waals surface area contributed by atoms with Crippen LogP contribution in [0.3, 0.4) is 0 Å². The van der Waals surface area contributed by atoms with Crippen LogP contribution >= 0.6 is 0 Å². The SMILES string of the molecule is CCOC1C=C2C=NC(NC(CCOC)CCOC)=NC2NC1=O. The number of fused-ring (bicyclic) bond motifs is 1. The van der Waals surface area contributed by atoms with E-state index < -0.39 is 12.3 Å². The van der Waals surface area contributed by atoms with E-state index in [2.05, 4.69) is 20.6 Å². The molecule has 8 heteroatoms. The van der Waals surface area contributed by atoms with Gasteiger partial charge in [0.25, 0.3) is 5.91 Å². The smallest absolute Gasteiger partial charge is 0.255 e. The molecule has 2 atom stereocenters. The summed E-state index contributed by atoms with van der Waals surface area (Å²) in [4.78, 5) is 20.8. The van der Waals surface area contributed by atoms with Crippen LogP contribution in [0, 0.1) is 0 Å². The summed E-state index contributed by atoms with van der Waals surface area (Å²) in [5.41, 5.74) is 0.837. The number of nitrogens with one attached hydrogen (secondary N) is 2. The molecule has 0 aromatic carbocycles. The molecule has 0 fully saturated rings. The maximum Gasteiger partial charge on any atom is 0.255 e. The second-order valence-corrected chi connectivity index (χ2v) is 5.57. The summed E-state index contributed by atoms with van der Waals surface area (Å²) >= 11 is 0. The Kier molecular flexibility index (Phi) is 7.36. The predicted molar refractivity (Wildman–Crippen MR) is 91.3 cm³/mol. The highest BCUT2D eigenvalue weighted by molar-refractivity contribution is 6.00. The standard InChI is InChI=1S/C16H26N4O4/c1-4-24-13-9-11-10-17-16(20-14(11)19-15(13)21)18-12(5-7-22-2)6-8-23-3/h9-10,12-14H,4-8H2,1-3H3,(H,18,20)(H,19,21). The molecule has 2 aliphatic heterocycles. The van der Waals surface area contributed by atoms with Crippen molar-refractivity contribution in [3.05, 3.63) is 11.6 Å². The third kappa shape index (κ3) is 5.12. The quantitative estimate of drug-likeness (QED) is 0.628. The number of carbonyl (C=O) groups excluding carboxylic acids is 1. The van der Waals surface area contributed by atoms with E-state index >= 15 is 0 Å². The molecule has 2 aliphatic rings. The van der Waals surface area contributed by atoms with Gasteiger partial charge in [-0.1, -0.05) is 0 Å². The van der Waals surface area contributed by atoms with Gasteiger partial charge in [0.1, 0.15) is 0 Å². The molecule has 0 spiro atoms. The van der Waals surface area contributed by atoms with Gasteiger partial charge in [0.05, 0.1) is 0 Å². The molecule has 2 heterocycles. The van der Waals surface area contributed by atoms with Gasteiger partial charge in [-0.3, -0.25) is 4.79 Å². The molecular weight excluding hydrogens is 312 g/mol. The summed E-state index contributed by atoms with van der Waals surface area (Å²) in [7, 11) is 3.35. The monoisotopic (exact) mass is 338 g/mol. The zero-order valence-electron chi connectivity index (χ0n) is 14.4. The first-order valence-corrected chi connectivity index (χ1v) is 8.17. The van der Waals surface area contributed by atoms with Crippen LogP contribution in [-0.4, -0.2) is 70.4 Å². The Hall–Kier alpha value is -1.77. The summed E-state index contributed by atoms with van der Waals surface area (Å²) in [5, 5.41) is 6.13. The molecule has 0 aromatic rings. The fraction of sp³-hybridized carbons (Fsp3) is 0.688. The molecule has 0 saturated heterocycles. The summed E-state index contributed by atoms with van der Waals surface area (Å²) in [6.45, 7) is 3.60. The van der Waals surface area contributed by atoms with Crippen LogP contribution in [0.5, 0.6) is 0 Å². The molecule has 1 amide bonds. The highest BCUT2D eigenvalue weighted by atomic mass is 16.5. The number of amides is 1. The second-order valence-electron chi connectivity index (χ2n) is 5.57. The minimum absolute atomic E-state index is 0.141. The first-order valence-electron chi connectivity index (χ1n) is 8.17. The van der Waals surface area contributed by atoms with Crippen LogP contribution in [0.1, 0.15) is 19.8 Å². The van der Waals surface area contributed by atoms with Gasteiger partial charge in [-0.05, 0) is 25.8 Å². The van der Waals surface area contributed by atoms with Crippen molar-refractivity contribution in [2.75, 3.05) is 34.0 Å². The lowest BCUT2D eigenvalue weighted by Gasteiger charge is -2.28. The first-order chi connectivity index (χ1) is 11.7. The lowest BCUT2D eigenvalue weighted by atomic mass is 10.1. The van der Waals surface area contributed by atoms with Crippen LogP contribution in [0.2, 0.25) is 0 Å². The zero-order chi connectivity index (χ0) is 17.4. The first kappa shape index (κ1) is 18.6. The van der Waals surface area contributed by atoms with E-state index in [9.17, 15) is 4.79 Å². The molecule has 24 heavy (non-hydrogen) atoms. The molecule has 0 saturated carbocycles. The average molecular weight is 338 g/mol. The topological polar surface area (TPSA) is 93.5 Å². The summed E-state index contributed by atoms with van der Waals surface area (Å²) in [5.74, 6) is 0.323. The van der Waals surface area contributed by atoms with Crippen LogP contribution in [0.25, 0.3) is 0 Å². The minimum Gasteiger partial charge on any atom is -0.385 e. The van der Waals surface area contributed by atoms with E-state index in [1.54, 1.807) is 26.5 Å². The van der Waals surface area contributed by atoms with Crippen molar-refractivity contribution in [3.8, 4) is 0 Å². The lowest BCUT2D eigenvalue weighted by molar-refractivity contribution is -0.130. The molecule has 0 bridgehead atoms. The maximum absolute atomic E-state index is 12.0. The average Bonchev–Trinajstić information content (AvgIpc) is 2.58. The predicted octanol–water partition coefficient (Wildman–Crippen LogP) is 0.245. The number of carbonyl (C=O) groups is 1. The van der Waals surface area contributed by atoms with Gasteiger partial charge in [0, 0.05) is 51.9 Å². The Balaban J connectivity index is 2.00. The minimum atomic E-state index is -0.575. The Morgan fingerprint density at radius 2 is 2.00 bits per heavy atom. The molecular formula is C16H26N4O4. The van der Waals surface area contributed by atoms with E-state index in [1.807, 2.05) is 6.92 Å². The summed E-state index contributed by atoms with van der Waals surface area (Å²) in [6.07, 6.45) is 4.13. The Morgan fingerprint density at radius 1 is 1.29 bits per heavy atom. The van der Waals surface area contributed by atoms with E-state index in [4.69, 9.17) is 14.2 Å². The Bertz CT molecular complexity index is 510. The van der Waals surface area contributed by atoms with E-state index in [0.29, 0.717) is 25.8 Å². The normalized spacial score (nSPS) is 22.8. The molecule has 0 radical (unpaired) electrons. The number of nitrogens with zero attached hydrogens (tertiary/aromatic N) is 2. The Morgan fingerprint density at radius 3 is 2.62 bits per heavy atom. The number of rotatable bonds is 9. The van der Waals surface area contributed by atoms with Crippen molar-refractivity contribution >= 4 is 18.1 Å². The molecule has 0 aromatic heterocycles. The maximum atomic E-state index is 12.0. The third-order valence-corrected chi connectivity index (χ3v) is 3.80. The van der Waals surface area contributed by atoms with E-state index in [-0.39, 0.29) is 11.9 Å². The van der Waals surface area contributed by atoms with Crippen LogP contribution < -0.4 is 10.6 Å². The van der Waals surface area contributed by atoms with Crippen LogP contribution in [-0.2, 0) is 19.0 Å². The van der Waals surface area contributed by atoms with Crippen molar-refractivity contribution in [2.24, 2.45) is 9.98 Å². The molecule has 134 valence electrons. The third-order valence-electron chi connectivity index (χ3n) is 3.80. The number of hydrogen-bond acceptors (Lipinski definition) is 7. The van der Waals surface area contributed by atoms with E-state index in [1.165, 1.54) is 0 Å². The van der Waals surface area contributed by atoms with Crippen molar-refractivity contribution in [3.63, 3.8) is 0 Å². The highest BCUT2D eigenvalue weighted by Gasteiger charge is 2.30. The molecule has 2 unspecified atom stereocenters. The summed E-state index contributed by atoms with van der Waals surface area (Å²) in [6, 6.07) is 0.141. The molecule has 0 aliphatic carbocycles. The van der Waals surface area contributed by atoms with Gasteiger partial charge in [0.15, 0.2) is 12.3 Å². The van der Waals surface area contributed by atoms with E-state index in [0.717, 1.165) is 18.4 Å². The number of ether oxygens (including phenoxy) is 3. The summed E-state index contributed by atoms with van der Waals surface area (Å²) < 4.78 is 15.7. The van der Waals surface area contributed by atoms with Gasteiger partial charge in [-0.25, -0.2) is 9.98 Å². The van der Waals surface area contributed by atoms with Crippen molar-refractivity contribution in [1.29, 1.82) is 0 Å². The number of methoxy groups -OCH3 is 2. The van der Waals surface area contributed by atoms with Gasteiger partial charge in [0.2, 0.25) is 5.96 Å². The van der Waals surface area contributed by atoms with Crippen molar-refractivity contribution < 1.29 is 19.0 Å². The lowest BCUT2D eigenvalue weighted by Crippen LogP contribution is -2.49. The van der Waals surface area contributed by atoms with Crippen molar-refractivity contribution in [2.45, 2.75) is 38.1 Å². The van der Waals surface area contributed by atoms with Gasteiger partial charge < -0.3 is 24.8 Å². The van der Waals surface area contributed by atoms with Gasteiger partial charge >= 0.3 is 0 Å². The zero-order valence-corrected chi connectivity index (χ0v) is 14.4. The second kappa shape index (κ2) is 9.51. The molecule has 2 rings (SSSR count).